The van der Waals surface area contributed by atoms with Crippen molar-refractivity contribution in [1.29, 1.82) is 0 Å². The van der Waals surface area contributed by atoms with Crippen LogP contribution in [0.25, 0.3) is 5.57 Å². The fourth-order valence-electron chi connectivity index (χ4n) is 2.28. The highest BCUT2D eigenvalue weighted by molar-refractivity contribution is 6.15. The van der Waals surface area contributed by atoms with Crippen LogP contribution in [0.3, 0.4) is 0 Å². The summed E-state index contributed by atoms with van der Waals surface area (Å²) in [6.07, 6.45) is 1.33. The zero-order valence-electron chi connectivity index (χ0n) is 14.7. The summed E-state index contributed by atoms with van der Waals surface area (Å²) in [5, 5.41) is 9.57. The van der Waals surface area contributed by atoms with Crippen LogP contribution in [-0.2, 0) is 9.53 Å². The Labute approximate surface area is 159 Å². The van der Waals surface area contributed by atoms with E-state index in [0.29, 0.717) is 5.56 Å². The lowest BCUT2D eigenvalue weighted by molar-refractivity contribution is -0.130. The average molecular weight is 382 g/mol. The topological polar surface area (TPSA) is 90.8 Å². The Kier molecular flexibility index (Phi) is 5.81. The lowest BCUT2D eigenvalue weighted by Gasteiger charge is -2.12. The van der Waals surface area contributed by atoms with Crippen LogP contribution < -0.4 is 9.47 Å². The molecule has 8 heteroatoms. The Balaban J connectivity index is 1.91. The zero-order valence-corrected chi connectivity index (χ0v) is 14.7. The summed E-state index contributed by atoms with van der Waals surface area (Å²) in [5.41, 5.74) is 0.210. The highest BCUT2D eigenvalue weighted by Crippen LogP contribution is 2.25. The number of aliphatic carboxylic acids is 1. The van der Waals surface area contributed by atoms with E-state index in [2.05, 4.69) is 9.97 Å². The molecular weight excluding hydrogens is 367 g/mol. The molecule has 0 aliphatic carbocycles. The zero-order chi connectivity index (χ0) is 19.9. The van der Waals surface area contributed by atoms with E-state index in [-0.39, 0.29) is 29.2 Å². The van der Waals surface area contributed by atoms with Gasteiger partial charge in [0.25, 0.3) is 0 Å². The normalized spacial score (nSPS) is 11.4. The van der Waals surface area contributed by atoms with Gasteiger partial charge in [-0.1, -0.05) is 42.5 Å². The van der Waals surface area contributed by atoms with Crippen LogP contribution in [0.15, 0.2) is 72.8 Å². The molecule has 142 valence electrons. The van der Waals surface area contributed by atoms with Crippen molar-refractivity contribution >= 4 is 11.5 Å². The summed E-state index contributed by atoms with van der Waals surface area (Å²) in [5.74, 6) is -2.17. The molecule has 0 radical (unpaired) electrons. The first-order chi connectivity index (χ1) is 13.6. The van der Waals surface area contributed by atoms with Crippen molar-refractivity contribution in [2.75, 3.05) is 7.11 Å². The second-order valence-corrected chi connectivity index (χ2v) is 5.35. The lowest BCUT2D eigenvalue weighted by Crippen LogP contribution is -2.10. The third-order valence-corrected chi connectivity index (χ3v) is 3.51. The maximum Gasteiger partial charge on any atom is 0.343 e. The molecule has 3 rings (SSSR count). The number of rotatable bonds is 7. The molecule has 7 nitrogen and oxygen atoms in total. The van der Waals surface area contributed by atoms with E-state index in [9.17, 15) is 14.3 Å². The Morgan fingerprint density at radius 1 is 1.04 bits per heavy atom. The van der Waals surface area contributed by atoms with Crippen LogP contribution in [0, 0.1) is 5.82 Å². The van der Waals surface area contributed by atoms with Crippen LogP contribution in [-0.4, -0.2) is 28.2 Å². The monoisotopic (exact) mass is 382 g/mol. The van der Waals surface area contributed by atoms with Gasteiger partial charge >= 0.3 is 17.9 Å². The molecule has 28 heavy (non-hydrogen) atoms. The van der Waals surface area contributed by atoms with E-state index < -0.39 is 11.8 Å². The number of halogens is 1. The highest BCUT2D eigenvalue weighted by Gasteiger charge is 2.21. The molecule has 0 fully saturated rings. The fourth-order valence-corrected chi connectivity index (χ4v) is 2.28. The van der Waals surface area contributed by atoms with Gasteiger partial charge < -0.3 is 19.3 Å². The first-order valence-electron chi connectivity index (χ1n) is 8.08. The minimum absolute atomic E-state index is 0.0344. The number of para-hydroxylation sites is 1. The predicted molar refractivity (Wildman–Crippen MR) is 97.1 cm³/mol. The van der Waals surface area contributed by atoms with Crippen LogP contribution in [0.2, 0.25) is 0 Å². The van der Waals surface area contributed by atoms with Crippen molar-refractivity contribution < 1.29 is 28.5 Å². The molecule has 1 N–H and O–H groups in total. The number of carboxylic acid groups (broad SMARTS) is 1. The van der Waals surface area contributed by atoms with Gasteiger partial charge in [-0.05, 0) is 17.7 Å². The molecule has 3 aromatic rings. The average Bonchev–Trinajstić information content (AvgIpc) is 2.70. The standard InChI is InChI=1S/C20H15FN2O5/c1-26-19(17(18(24)25)13-7-3-2-4-8-13)28-16-11-12-22-20(23-16)27-15-10-6-5-9-14(15)21/h2-12H,1H3,(H,24,25). The Morgan fingerprint density at radius 2 is 1.75 bits per heavy atom. The number of hydrogen-bond acceptors (Lipinski definition) is 6. The molecule has 0 saturated heterocycles. The van der Waals surface area contributed by atoms with Crippen molar-refractivity contribution in [3.05, 3.63) is 84.2 Å². The molecule has 0 aliphatic rings. The molecule has 0 bridgehead atoms. The van der Waals surface area contributed by atoms with Gasteiger partial charge in [0.1, 0.15) is 5.57 Å². The first-order valence-corrected chi connectivity index (χ1v) is 8.08. The van der Waals surface area contributed by atoms with Gasteiger partial charge in [-0.15, -0.1) is 0 Å². The number of ether oxygens (including phenoxy) is 3. The van der Waals surface area contributed by atoms with Crippen LogP contribution in [0.1, 0.15) is 5.56 Å². The number of carboxylic acids is 1. The van der Waals surface area contributed by atoms with Crippen molar-refractivity contribution in [2.45, 2.75) is 0 Å². The van der Waals surface area contributed by atoms with Gasteiger partial charge in [-0.3, -0.25) is 0 Å². The van der Waals surface area contributed by atoms with Gasteiger partial charge in [0.05, 0.1) is 7.11 Å². The first kappa shape index (κ1) is 18.8. The van der Waals surface area contributed by atoms with Crippen molar-refractivity contribution in [3.8, 4) is 17.6 Å². The number of carbonyl (C=O) groups is 1. The summed E-state index contributed by atoms with van der Waals surface area (Å²) >= 11 is 0. The van der Waals surface area contributed by atoms with Crippen molar-refractivity contribution in [3.63, 3.8) is 0 Å². The molecule has 0 aliphatic heterocycles. The molecule has 0 amide bonds. The molecule has 0 atom stereocenters. The summed E-state index contributed by atoms with van der Waals surface area (Å²) < 4.78 is 29.7. The van der Waals surface area contributed by atoms with Crippen LogP contribution in [0.5, 0.6) is 17.6 Å². The quantitative estimate of drug-likeness (QED) is 0.490. The van der Waals surface area contributed by atoms with Gasteiger partial charge in [-0.25, -0.2) is 14.2 Å². The highest BCUT2D eigenvalue weighted by atomic mass is 19.1. The molecular formula is C20H15FN2O5. The Hall–Kier alpha value is -3.94. The number of hydrogen-bond donors (Lipinski definition) is 1. The summed E-state index contributed by atoms with van der Waals surface area (Å²) in [6.45, 7) is 0. The maximum atomic E-state index is 13.7. The van der Waals surface area contributed by atoms with Crippen LogP contribution >= 0.6 is 0 Å². The van der Waals surface area contributed by atoms with E-state index >= 15 is 0 Å². The van der Waals surface area contributed by atoms with Gasteiger partial charge in [0.15, 0.2) is 11.6 Å². The number of methoxy groups -OCH3 is 1. The molecule has 0 saturated carbocycles. The lowest BCUT2D eigenvalue weighted by atomic mass is 10.1. The Morgan fingerprint density at radius 3 is 2.43 bits per heavy atom. The number of aromatic nitrogens is 2. The molecule has 2 aromatic carbocycles. The summed E-state index contributed by atoms with van der Waals surface area (Å²) in [7, 11) is 1.28. The van der Waals surface area contributed by atoms with Gasteiger partial charge in [-0.2, -0.15) is 4.98 Å². The third kappa shape index (κ3) is 4.42. The molecule has 1 heterocycles. The van der Waals surface area contributed by atoms with Gasteiger partial charge in [0, 0.05) is 12.3 Å². The molecule has 0 spiro atoms. The van der Waals surface area contributed by atoms with E-state index in [1.807, 2.05) is 0 Å². The van der Waals surface area contributed by atoms with E-state index in [1.54, 1.807) is 36.4 Å². The van der Waals surface area contributed by atoms with Crippen LogP contribution in [0.4, 0.5) is 4.39 Å². The second kappa shape index (κ2) is 8.63. The van der Waals surface area contributed by atoms with E-state index in [0.717, 1.165) is 0 Å². The van der Waals surface area contributed by atoms with Crippen molar-refractivity contribution in [2.24, 2.45) is 0 Å². The minimum atomic E-state index is -1.24. The van der Waals surface area contributed by atoms with E-state index in [4.69, 9.17) is 14.2 Å². The predicted octanol–water partition coefficient (Wildman–Crippen LogP) is 3.89. The van der Waals surface area contributed by atoms with Gasteiger partial charge in [0.2, 0.25) is 5.88 Å². The fraction of sp³-hybridized carbons (Fsp3) is 0.0500. The number of benzene rings is 2. The third-order valence-electron chi connectivity index (χ3n) is 3.51. The molecule has 1 aromatic heterocycles. The largest absolute Gasteiger partial charge is 0.477 e. The smallest absolute Gasteiger partial charge is 0.343 e. The number of nitrogens with zero attached hydrogens (tertiary/aromatic N) is 2. The second-order valence-electron chi connectivity index (χ2n) is 5.35. The van der Waals surface area contributed by atoms with E-state index in [1.165, 1.54) is 37.6 Å². The minimum Gasteiger partial charge on any atom is -0.477 e. The summed E-state index contributed by atoms with van der Waals surface area (Å²) in [4.78, 5) is 19.6. The Bertz CT molecular complexity index is 1010. The van der Waals surface area contributed by atoms with Crippen molar-refractivity contribution in [1.82, 2.24) is 9.97 Å². The summed E-state index contributed by atoms with van der Waals surface area (Å²) in [6, 6.07) is 15.4. The molecule has 0 unspecified atom stereocenters. The maximum absolute atomic E-state index is 13.7. The SMILES string of the molecule is COC(Oc1ccnc(Oc2ccccc2F)n1)=C(C(=O)O)c1ccccc1.